The molecule has 0 saturated carbocycles. The van der Waals surface area contributed by atoms with Gasteiger partial charge < -0.3 is 14.2 Å². The van der Waals surface area contributed by atoms with Crippen LogP contribution >= 0.6 is 0 Å². The van der Waals surface area contributed by atoms with Gasteiger partial charge in [0, 0.05) is 45.4 Å². The summed E-state index contributed by atoms with van der Waals surface area (Å²) in [6.07, 6.45) is 2.00. The Morgan fingerprint density at radius 2 is 2.14 bits per heavy atom. The van der Waals surface area contributed by atoms with Crippen molar-refractivity contribution in [3.63, 3.8) is 0 Å². The molecule has 3 heterocycles. The van der Waals surface area contributed by atoms with Gasteiger partial charge in [-0.05, 0) is 26.7 Å². The fraction of sp³-hybridized carbons (Fsp3) is 0.750. The Hall–Kier alpha value is -1.40. The molecule has 6 nitrogen and oxygen atoms in total. The lowest BCUT2D eigenvalue weighted by atomic mass is 9.93. The number of carbonyl (C=O) groups is 1. The second-order valence-corrected chi connectivity index (χ2v) is 6.35. The van der Waals surface area contributed by atoms with Crippen molar-refractivity contribution in [1.29, 1.82) is 0 Å². The Morgan fingerprint density at radius 3 is 2.77 bits per heavy atom. The maximum absolute atomic E-state index is 12.6. The molecule has 1 aromatic rings. The third-order valence-electron chi connectivity index (χ3n) is 4.67. The van der Waals surface area contributed by atoms with E-state index >= 15 is 0 Å². The van der Waals surface area contributed by atoms with E-state index in [0.717, 1.165) is 63.6 Å². The Bertz CT molecular complexity index is 508. The number of hydrogen-bond acceptors (Lipinski definition) is 5. The summed E-state index contributed by atoms with van der Waals surface area (Å²) in [6, 6.07) is 1.97. The monoisotopic (exact) mass is 307 g/mol. The van der Waals surface area contributed by atoms with Crippen molar-refractivity contribution in [2.75, 3.05) is 32.8 Å². The highest BCUT2D eigenvalue weighted by Crippen LogP contribution is 2.23. The maximum atomic E-state index is 12.6. The van der Waals surface area contributed by atoms with Crippen molar-refractivity contribution in [1.82, 2.24) is 15.0 Å². The lowest BCUT2D eigenvalue weighted by Gasteiger charge is -2.38. The topological polar surface area (TPSA) is 58.8 Å². The first kappa shape index (κ1) is 15.5. The zero-order valence-corrected chi connectivity index (χ0v) is 13.5. The fourth-order valence-electron chi connectivity index (χ4n) is 3.33. The average Bonchev–Trinajstić information content (AvgIpc) is 2.93. The Kier molecular flexibility index (Phi) is 4.78. The summed E-state index contributed by atoms with van der Waals surface area (Å²) < 4.78 is 10.7. The molecule has 0 radical (unpaired) electrons. The van der Waals surface area contributed by atoms with Gasteiger partial charge in [0.2, 0.25) is 5.91 Å². The summed E-state index contributed by atoms with van der Waals surface area (Å²) in [5, 5.41) is 4.03. The number of amides is 1. The number of hydrogen-bond donors (Lipinski definition) is 0. The molecule has 6 heteroatoms. The molecular formula is C16H25N3O3. The number of rotatable bonds is 3. The molecule has 0 unspecified atom stereocenters. The van der Waals surface area contributed by atoms with Crippen molar-refractivity contribution < 1.29 is 14.1 Å². The standard InChI is InChI=1S/C16H25N3O3/c1-12-10-14(17-22-12)11-18-5-7-19(8-6-18)16(20)15-4-3-9-21-13(15)2/h10,13,15H,3-9,11H2,1-2H3/t13-,15-/m1/s1. The van der Waals surface area contributed by atoms with Gasteiger partial charge in [0.25, 0.3) is 0 Å². The largest absolute Gasteiger partial charge is 0.378 e. The first-order valence-corrected chi connectivity index (χ1v) is 8.18. The first-order chi connectivity index (χ1) is 10.6. The molecule has 1 aromatic heterocycles. The number of nitrogens with zero attached hydrogens (tertiary/aromatic N) is 3. The van der Waals surface area contributed by atoms with Gasteiger partial charge in [0.15, 0.2) is 0 Å². The molecule has 122 valence electrons. The van der Waals surface area contributed by atoms with Crippen LogP contribution < -0.4 is 0 Å². The SMILES string of the molecule is Cc1cc(CN2CCN(C(=O)[C@@H]3CCCO[C@@H]3C)CC2)no1. The zero-order valence-electron chi connectivity index (χ0n) is 13.5. The van der Waals surface area contributed by atoms with E-state index in [4.69, 9.17) is 9.26 Å². The van der Waals surface area contributed by atoms with Crippen LogP contribution in [0.3, 0.4) is 0 Å². The van der Waals surface area contributed by atoms with Crippen LogP contribution in [-0.4, -0.2) is 59.8 Å². The van der Waals surface area contributed by atoms with Gasteiger partial charge in [-0.1, -0.05) is 5.16 Å². The Labute approximate surface area is 131 Å². The van der Waals surface area contributed by atoms with Crippen LogP contribution in [0.5, 0.6) is 0 Å². The van der Waals surface area contributed by atoms with Crippen molar-refractivity contribution >= 4 is 5.91 Å². The van der Waals surface area contributed by atoms with E-state index in [1.54, 1.807) is 0 Å². The van der Waals surface area contributed by atoms with E-state index in [0.29, 0.717) is 0 Å². The van der Waals surface area contributed by atoms with Gasteiger partial charge in [-0.2, -0.15) is 0 Å². The number of ether oxygens (including phenoxy) is 1. The third kappa shape index (κ3) is 3.50. The molecule has 3 rings (SSSR count). The zero-order chi connectivity index (χ0) is 15.5. The Balaban J connectivity index is 1.49. The summed E-state index contributed by atoms with van der Waals surface area (Å²) in [5.41, 5.74) is 0.964. The van der Waals surface area contributed by atoms with Crippen LogP contribution in [0.25, 0.3) is 0 Å². The first-order valence-electron chi connectivity index (χ1n) is 8.18. The molecule has 2 atom stereocenters. The summed E-state index contributed by atoms with van der Waals surface area (Å²) >= 11 is 0. The van der Waals surface area contributed by atoms with Gasteiger partial charge >= 0.3 is 0 Å². The second-order valence-electron chi connectivity index (χ2n) is 6.35. The van der Waals surface area contributed by atoms with E-state index in [9.17, 15) is 4.79 Å². The molecule has 2 fully saturated rings. The van der Waals surface area contributed by atoms with Crippen molar-refractivity contribution in [2.24, 2.45) is 5.92 Å². The van der Waals surface area contributed by atoms with E-state index in [1.165, 1.54) is 0 Å². The van der Waals surface area contributed by atoms with E-state index < -0.39 is 0 Å². The summed E-state index contributed by atoms with van der Waals surface area (Å²) in [4.78, 5) is 17.0. The van der Waals surface area contributed by atoms with Crippen LogP contribution in [0, 0.1) is 12.8 Å². The third-order valence-corrected chi connectivity index (χ3v) is 4.67. The highest BCUT2D eigenvalue weighted by atomic mass is 16.5. The van der Waals surface area contributed by atoms with Crippen LogP contribution in [0.2, 0.25) is 0 Å². The average molecular weight is 307 g/mol. The number of aryl methyl sites for hydroxylation is 1. The predicted octanol–water partition coefficient (Wildman–Crippen LogP) is 1.44. The molecule has 1 amide bonds. The van der Waals surface area contributed by atoms with Crippen LogP contribution in [0.4, 0.5) is 0 Å². The van der Waals surface area contributed by atoms with Gasteiger partial charge in [0.05, 0.1) is 17.7 Å². The minimum atomic E-state index is 0.0403. The highest BCUT2D eigenvalue weighted by molar-refractivity contribution is 5.79. The predicted molar refractivity (Wildman–Crippen MR) is 81.2 cm³/mol. The highest BCUT2D eigenvalue weighted by Gasteiger charge is 2.33. The molecule has 22 heavy (non-hydrogen) atoms. The molecule has 0 aliphatic carbocycles. The van der Waals surface area contributed by atoms with Gasteiger partial charge in [-0.15, -0.1) is 0 Å². The molecule has 0 bridgehead atoms. The van der Waals surface area contributed by atoms with Crippen LogP contribution in [0.15, 0.2) is 10.6 Å². The van der Waals surface area contributed by atoms with E-state index in [2.05, 4.69) is 10.1 Å². The van der Waals surface area contributed by atoms with Crippen molar-refractivity contribution in [2.45, 2.75) is 39.3 Å². The minimum absolute atomic E-state index is 0.0403. The summed E-state index contributed by atoms with van der Waals surface area (Å²) in [7, 11) is 0. The maximum Gasteiger partial charge on any atom is 0.228 e. The van der Waals surface area contributed by atoms with Gasteiger partial charge in [-0.25, -0.2) is 0 Å². The van der Waals surface area contributed by atoms with Crippen LogP contribution in [0.1, 0.15) is 31.2 Å². The summed E-state index contributed by atoms with van der Waals surface area (Å²) in [6.45, 7) is 8.86. The van der Waals surface area contributed by atoms with Gasteiger partial charge in [-0.3, -0.25) is 9.69 Å². The number of aromatic nitrogens is 1. The second kappa shape index (κ2) is 6.79. The quantitative estimate of drug-likeness (QED) is 0.846. The molecule has 2 aliphatic heterocycles. The molecule has 2 aliphatic rings. The normalized spacial score (nSPS) is 27.1. The number of carbonyl (C=O) groups excluding carboxylic acids is 1. The van der Waals surface area contributed by atoms with Crippen molar-refractivity contribution in [3.8, 4) is 0 Å². The molecular weight excluding hydrogens is 282 g/mol. The Morgan fingerprint density at radius 1 is 1.36 bits per heavy atom. The molecule has 0 aromatic carbocycles. The van der Waals surface area contributed by atoms with Crippen molar-refractivity contribution in [3.05, 3.63) is 17.5 Å². The molecule has 0 N–H and O–H groups in total. The van der Waals surface area contributed by atoms with Crippen LogP contribution in [-0.2, 0) is 16.1 Å². The lowest BCUT2D eigenvalue weighted by Crippen LogP contribution is -2.52. The van der Waals surface area contributed by atoms with E-state index in [1.807, 2.05) is 24.8 Å². The minimum Gasteiger partial charge on any atom is -0.378 e. The number of piperazine rings is 1. The fourth-order valence-corrected chi connectivity index (χ4v) is 3.33. The molecule has 2 saturated heterocycles. The van der Waals surface area contributed by atoms with E-state index in [-0.39, 0.29) is 17.9 Å². The smallest absolute Gasteiger partial charge is 0.228 e. The lowest BCUT2D eigenvalue weighted by molar-refractivity contribution is -0.145. The van der Waals surface area contributed by atoms with Gasteiger partial charge in [0.1, 0.15) is 5.76 Å². The summed E-state index contributed by atoms with van der Waals surface area (Å²) in [5.74, 6) is 1.15. The molecule has 0 spiro atoms.